The van der Waals surface area contributed by atoms with Crippen molar-refractivity contribution < 1.29 is 17.6 Å². The van der Waals surface area contributed by atoms with Crippen molar-refractivity contribution in [3.63, 3.8) is 0 Å². The number of anilines is 1. The number of hydrogen-bond acceptors (Lipinski definition) is 3. The fraction of sp³-hybridized carbons (Fsp3) is 0.316. The van der Waals surface area contributed by atoms with Gasteiger partial charge in [-0.25, -0.2) is 21.9 Å². The first kappa shape index (κ1) is 18.4. The van der Waals surface area contributed by atoms with Gasteiger partial charge in [0, 0.05) is 6.54 Å². The van der Waals surface area contributed by atoms with E-state index in [4.69, 9.17) is 0 Å². The van der Waals surface area contributed by atoms with Gasteiger partial charge >= 0.3 is 6.03 Å². The zero-order valence-corrected chi connectivity index (χ0v) is 15.5. The van der Waals surface area contributed by atoms with Crippen LogP contribution < -0.4 is 4.90 Å². The van der Waals surface area contributed by atoms with Gasteiger partial charge in [-0.2, -0.15) is 0 Å². The largest absolute Gasteiger partial charge is 0.338 e. The molecule has 0 saturated heterocycles. The van der Waals surface area contributed by atoms with Crippen LogP contribution in [0.2, 0.25) is 0 Å². The first-order valence-corrected chi connectivity index (χ1v) is 9.92. The molecular formula is C19H21FN2O3S. The molecule has 0 N–H and O–H groups in total. The van der Waals surface area contributed by atoms with Crippen molar-refractivity contribution >= 4 is 21.7 Å². The molecular weight excluding hydrogens is 355 g/mol. The molecule has 1 heterocycles. The summed E-state index contributed by atoms with van der Waals surface area (Å²) in [7, 11) is -3.96. The maximum Gasteiger partial charge on any atom is 0.338 e. The fourth-order valence-corrected chi connectivity index (χ4v) is 4.42. The van der Waals surface area contributed by atoms with Crippen molar-refractivity contribution in [3.05, 3.63) is 59.9 Å². The van der Waals surface area contributed by atoms with Crippen LogP contribution in [-0.4, -0.2) is 25.3 Å². The second-order valence-electron chi connectivity index (χ2n) is 6.72. The lowest BCUT2D eigenvalue weighted by Crippen LogP contribution is -2.50. The van der Waals surface area contributed by atoms with Gasteiger partial charge in [0.25, 0.3) is 10.0 Å². The van der Waals surface area contributed by atoms with E-state index >= 15 is 0 Å². The van der Waals surface area contributed by atoms with E-state index in [1.54, 1.807) is 18.2 Å². The molecule has 2 aromatic rings. The van der Waals surface area contributed by atoms with E-state index in [1.807, 2.05) is 13.8 Å². The summed E-state index contributed by atoms with van der Waals surface area (Å²) in [6.45, 7) is 4.40. The van der Waals surface area contributed by atoms with Crippen LogP contribution >= 0.6 is 0 Å². The molecule has 138 valence electrons. The predicted molar refractivity (Wildman–Crippen MR) is 97.8 cm³/mol. The van der Waals surface area contributed by atoms with Gasteiger partial charge in [0.15, 0.2) is 0 Å². The Hall–Kier alpha value is -2.41. The highest BCUT2D eigenvalue weighted by Crippen LogP contribution is 2.35. The monoisotopic (exact) mass is 376 g/mol. The Morgan fingerprint density at radius 1 is 1.04 bits per heavy atom. The summed E-state index contributed by atoms with van der Waals surface area (Å²) in [6, 6.07) is 11.4. The van der Waals surface area contributed by atoms with Gasteiger partial charge in [-0.05, 0) is 42.2 Å². The lowest BCUT2D eigenvalue weighted by atomic mass is 10.1. The minimum Gasteiger partial charge on any atom is -0.292 e. The first-order valence-electron chi connectivity index (χ1n) is 8.48. The standard InChI is InChI=1S/C19H21FN2O3S/c1-14(2)11-12-21-17-5-3-4-6-18(17)26(24,25)22(19(21)23)13-15-7-9-16(20)10-8-15/h3-10,14H,11-13H2,1-2H3. The van der Waals surface area contributed by atoms with Crippen molar-refractivity contribution in [2.45, 2.75) is 31.7 Å². The minimum absolute atomic E-state index is 0.116. The zero-order valence-electron chi connectivity index (χ0n) is 14.7. The van der Waals surface area contributed by atoms with Crippen LogP contribution in [0.3, 0.4) is 0 Å². The molecule has 0 bridgehead atoms. The highest BCUT2D eigenvalue weighted by Gasteiger charge is 2.41. The summed E-state index contributed by atoms with van der Waals surface area (Å²) in [5.41, 5.74) is 0.958. The molecule has 0 radical (unpaired) electrons. The highest BCUT2D eigenvalue weighted by atomic mass is 32.2. The molecule has 7 heteroatoms. The van der Waals surface area contributed by atoms with Gasteiger partial charge in [-0.3, -0.25) is 4.90 Å². The molecule has 5 nitrogen and oxygen atoms in total. The second-order valence-corrected chi connectivity index (χ2v) is 8.55. The number of amides is 2. The van der Waals surface area contributed by atoms with Crippen LogP contribution in [0.15, 0.2) is 53.4 Å². The predicted octanol–water partition coefficient (Wildman–Crippen LogP) is 4.00. The summed E-state index contributed by atoms with van der Waals surface area (Å²) in [5.74, 6) is -0.0375. The van der Waals surface area contributed by atoms with Crippen LogP contribution in [0.5, 0.6) is 0 Å². The zero-order chi connectivity index (χ0) is 18.9. The summed E-state index contributed by atoms with van der Waals surface area (Å²) < 4.78 is 39.9. The summed E-state index contributed by atoms with van der Waals surface area (Å²) in [5, 5.41) is 0. The third kappa shape index (κ3) is 3.44. The van der Waals surface area contributed by atoms with Crippen LogP contribution in [0.4, 0.5) is 14.9 Å². The van der Waals surface area contributed by atoms with Crippen LogP contribution in [0, 0.1) is 11.7 Å². The number of rotatable bonds is 5. The van der Waals surface area contributed by atoms with E-state index in [1.165, 1.54) is 35.2 Å². The second kappa shape index (κ2) is 7.07. The number of sulfonamides is 1. The van der Waals surface area contributed by atoms with Crippen molar-refractivity contribution in [3.8, 4) is 0 Å². The number of para-hydroxylation sites is 1. The van der Waals surface area contributed by atoms with Gasteiger partial charge in [-0.1, -0.05) is 38.1 Å². The van der Waals surface area contributed by atoms with Gasteiger partial charge in [0.1, 0.15) is 10.7 Å². The Labute approximate surface area is 153 Å². The Morgan fingerprint density at radius 2 is 1.69 bits per heavy atom. The maximum atomic E-state index is 13.1. The normalized spacial score (nSPS) is 16.1. The fourth-order valence-electron chi connectivity index (χ4n) is 2.87. The molecule has 0 saturated carbocycles. The average molecular weight is 376 g/mol. The van der Waals surface area contributed by atoms with Gasteiger partial charge < -0.3 is 0 Å². The molecule has 0 aromatic heterocycles. The molecule has 0 fully saturated rings. The van der Waals surface area contributed by atoms with E-state index in [0.717, 1.165) is 10.7 Å². The number of carbonyl (C=O) groups is 1. The number of nitrogens with zero attached hydrogens (tertiary/aromatic N) is 2. The SMILES string of the molecule is CC(C)CCN1C(=O)N(Cc2ccc(F)cc2)S(=O)(=O)c2ccccc21. The van der Waals surface area contributed by atoms with Crippen LogP contribution in [-0.2, 0) is 16.6 Å². The molecule has 0 unspecified atom stereocenters. The van der Waals surface area contributed by atoms with E-state index in [2.05, 4.69) is 0 Å². The molecule has 26 heavy (non-hydrogen) atoms. The van der Waals surface area contributed by atoms with E-state index in [0.29, 0.717) is 23.7 Å². The minimum atomic E-state index is -3.96. The van der Waals surface area contributed by atoms with Crippen molar-refractivity contribution in [2.75, 3.05) is 11.4 Å². The molecule has 2 amide bonds. The molecule has 0 spiro atoms. The third-order valence-electron chi connectivity index (χ3n) is 4.34. The van der Waals surface area contributed by atoms with Crippen LogP contribution in [0.25, 0.3) is 0 Å². The smallest absolute Gasteiger partial charge is 0.292 e. The Balaban J connectivity index is 2.01. The Bertz CT molecular complexity index is 911. The van der Waals surface area contributed by atoms with Crippen molar-refractivity contribution in [2.24, 2.45) is 5.92 Å². The quantitative estimate of drug-likeness (QED) is 0.792. The first-order chi connectivity index (χ1) is 12.3. The number of carbonyl (C=O) groups excluding carboxylic acids is 1. The molecule has 1 aliphatic heterocycles. The Morgan fingerprint density at radius 3 is 2.35 bits per heavy atom. The van der Waals surface area contributed by atoms with Crippen LogP contribution in [0.1, 0.15) is 25.8 Å². The Kier molecular flexibility index (Phi) is 5.00. The molecule has 0 aliphatic carbocycles. The topological polar surface area (TPSA) is 57.7 Å². The van der Waals surface area contributed by atoms with E-state index < -0.39 is 21.9 Å². The number of benzene rings is 2. The van der Waals surface area contributed by atoms with Gasteiger partial charge in [-0.15, -0.1) is 0 Å². The molecule has 2 aromatic carbocycles. The highest BCUT2D eigenvalue weighted by molar-refractivity contribution is 7.90. The summed E-state index contributed by atoms with van der Waals surface area (Å²) in [4.78, 5) is 14.6. The molecule has 3 rings (SSSR count). The lowest BCUT2D eigenvalue weighted by Gasteiger charge is -2.36. The van der Waals surface area contributed by atoms with Crippen molar-refractivity contribution in [1.29, 1.82) is 0 Å². The maximum absolute atomic E-state index is 13.1. The average Bonchev–Trinajstić information content (AvgIpc) is 2.60. The van der Waals surface area contributed by atoms with Gasteiger partial charge in [0.05, 0.1) is 12.2 Å². The van der Waals surface area contributed by atoms with Gasteiger partial charge in [0.2, 0.25) is 0 Å². The molecule has 1 aliphatic rings. The lowest BCUT2D eigenvalue weighted by molar-refractivity contribution is 0.226. The number of urea groups is 1. The number of halogens is 1. The number of hydrogen-bond donors (Lipinski definition) is 0. The van der Waals surface area contributed by atoms with E-state index in [9.17, 15) is 17.6 Å². The van der Waals surface area contributed by atoms with Crippen molar-refractivity contribution in [1.82, 2.24) is 4.31 Å². The summed E-state index contributed by atoms with van der Waals surface area (Å²) in [6.07, 6.45) is 0.754. The molecule has 0 atom stereocenters. The van der Waals surface area contributed by atoms with E-state index in [-0.39, 0.29) is 11.4 Å². The number of fused-ring (bicyclic) bond motifs is 1. The third-order valence-corrected chi connectivity index (χ3v) is 6.10. The summed E-state index contributed by atoms with van der Waals surface area (Å²) >= 11 is 0.